The van der Waals surface area contributed by atoms with Crippen LogP contribution in [-0.2, 0) is 18.3 Å². The molecule has 33 heavy (non-hydrogen) atoms. The van der Waals surface area contributed by atoms with E-state index in [4.69, 9.17) is 4.74 Å². The first-order valence-electron chi connectivity index (χ1n) is 11.1. The van der Waals surface area contributed by atoms with Crippen LogP contribution in [0.25, 0.3) is 0 Å². The Balaban J connectivity index is 1.55. The highest BCUT2D eigenvalue weighted by atomic mass is 19.4. The van der Waals surface area contributed by atoms with E-state index in [1.165, 1.54) is 22.8 Å². The number of rotatable bonds is 3. The number of benzene rings is 1. The Kier molecular flexibility index (Phi) is 5.75. The van der Waals surface area contributed by atoms with Gasteiger partial charge in [-0.05, 0) is 70.9 Å². The highest BCUT2D eigenvalue weighted by molar-refractivity contribution is 5.94. The van der Waals surface area contributed by atoms with Crippen molar-refractivity contribution >= 4 is 5.91 Å². The highest BCUT2D eigenvalue weighted by Crippen LogP contribution is 2.43. The van der Waals surface area contributed by atoms with Crippen molar-refractivity contribution < 1.29 is 27.1 Å². The Morgan fingerprint density at radius 3 is 2.36 bits per heavy atom. The molecule has 1 spiro atoms. The summed E-state index contributed by atoms with van der Waals surface area (Å²) in [6.07, 6.45) is -3.71. The van der Waals surface area contributed by atoms with Crippen molar-refractivity contribution in [3.63, 3.8) is 0 Å². The molecule has 3 heterocycles. The number of fused-ring (bicyclic) bond motifs is 2. The monoisotopic (exact) mass is 467 g/mol. The van der Waals surface area contributed by atoms with Crippen molar-refractivity contribution in [2.45, 2.75) is 70.4 Å². The molecular formula is C24H29F4N3O2. The average molecular weight is 468 g/mol. The molecule has 0 atom stereocenters. The first-order valence-corrected chi connectivity index (χ1v) is 11.1. The molecule has 2 aliphatic heterocycles. The van der Waals surface area contributed by atoms with Crippen LogP contribution in [0.15, 0.2) is 30.3 Å². The minimum atomic E-state index is -4.43. The van der Waals surface area contributed by atoms with E-state index in [9.17, 15) is 22.4 Å². The molecule has 0 unspecified atom stereocenters. The first-order chi connectivity index (χ1) is 15.3. The Labute approximate surface area is 190 Å². The van der Waals surface area contributed by atoms with Gasteiger partial charge in [0.25, 0.3) is 5.91 Å². The van der Waals surface area contributed by atoms with Crippen LogP contribution >= 0.6 is 0 Å². The van der Waals surface area contributed by atoms with E-state index in [-0.39, 0.29) is 29.9 Å². The molecule has 1 amide bonds. The van der Waals surface area contributed by atoms with Gasteiger partial charge in [-0.25, -0.2) is 4.39 Å². The Hall–Kier alpha value is -2.55. The molecule has 1 aromatic carbocycles. The number of hydrogen-bond donors (Lipinski definition) is 1. The number of aromatic nitrogens is 1. The van der Waals surface area contributed by atoms with Gasteiger partial charge in [0.15, 0.2) is 11.6 Å². The summed E-state index contributed by atoms with van der Waals surface area (Å²) in [6, 6.07) is 6.85. The van der Waals surface area contributed by atoms with Crippen LogP contribution in [0.1, 0.15) is 62.3 Å². The highest BCUT2D eigenvalue weighted by Gasteiger charge is 2.48. The van der Waals surface area contributed by atoms with Gasteiger partial charge in [-0.2, -0.15) is 13.2 Å². The van der Waals surface area contributed by atoms with E-state index in [0.717, 1.165) is 6.07 Å². The van der Waals surface area contributed by atoms with Crippen LogP contribution in [0.2, 0.25) is 0 Å². The average Bonchev–Trinajstić information content (AvgIpc) is 3.13. The lowest BCUT2D eigenvalue weighted by molar-refractivity contribution is -0.144. The van der Waals surface area contributed by atoms with Crippen molar-refractivity contribution in [2.24, 2.45) is 0 Å². The molecule has 5 nitrogen and oxygen atoms in total. The van der Waals surface area contributed by atoms with Crippen LogP contribution < -0.4 is 10.1 Å². The zero-order chi connectivity index (χ0) is 24.2. The maximum atomic E-state index is 14.4. The number of alkyl halides is 3. The van der Waals surface area contributed by atoms with Crippen LogP contribution in [0.4, 0.5) is 17.6 Å². The molecule has 0 aliphatic carbocycles. The number of halogens is 4. The van der Waals surface area contributed by atoms with E-state index >= 15 is 0 Å². The SMILES string of the molecule is CC(C)Oc1ccc(C(=O)N2CCC3(CC2)NC(C)(C)Cn2c(C(F)(F)F)ccc23)cc1F. The van der Waals surface area contributed by atoms with Gasteiger partial charge in [-0.15, -0.1) is 0 Å². The third-order valence-corrected chi connectivity index (χ3v) is 6.34. The van der Waals surface area contributed by atoms with Crippen molar-refractivity contribution in [3.8, 4) is 5.75 Å². The second-order valence-electron chi connectivity index (χ2n) is 9.88. The van der Waals surface area contributed by atoms with E-state index in [1.807, 2.05) is 13.8 Å². The third-order valence-electron chi connectivity index (χ3n) is 6.34. The van der Waals surface area contributed by atoms with Crippen LogP contribution in [0.3, 0.4) is 0 Å². The van der Waals surface area contributed by atoms with Gasteiger partial charge >= 0.3 is 6.18 Å². The molecule has 1 saturated heterocycles. The summed E-state index contributed by atoms with van der Waals surface area (Å²) in [5.41, 5.74) is -1.04. The lowest BCUT2D eigenvalue weighted by atomic mass is 9.79. The Morgan fingerprint density at radius 2 is 1.79 bits per heavy atom. The van der Waals surface area contributed by atoms with Gasteiger partial charge in [0.2, 0.25) is 0 Å². The summed E-state index contributed by atoms with van der Waals surface area (Å²) < 4.78 is 61.8. The van der Waals surface area contributed by atoms with Crippen LogP contribution in [-0.4, -0.2) is 40.1 Å². The fourth-order valence-corrected chi connectivity index (χ4v) is 5.09. The topological polar surface area (TPSA) is 46.5 Å². The fourth-order valence-electron chi connectivity index (χ4n) is 5.09. The molecule has 9 heteroatoms. The van der Waals surface area contributed by atoms with Gasteiger partial charge in [0.05, 0.1) is 11.6 Å². The van der Waals surface area contributed by atoms with E-state index in [1.54, 1.807) is 24.8 Å². The molecule has 2 aliphatic rings. The van der Waals surface area contributed by atoms with Crippen molar-refractivity contribution in [3.05, 3.63) is 53.1 Å². The predicted molar refractivity (Wildman–Crippen MR) is 116 cm³/mol. The number of piperidine rings is 1. The van der Waals surface area contributed by atoms with E-state index in [2.05, 4.69) is 5.32 Å². The molecule has 2 aromatic rings. The standard InChI is InChI=1S/C24H29F4N3O2/c1-15(2)33-18-6-5-16(13-17(18)25)21(32)30-11-9-23(10-12-30)19-7-8-20(24(26,27)28)31(19)14-22(3,4)29-23/h5-8,13,15,29H,9-12,14H2,1-4H3. The molecular weight excluding hydrogens is 438 g/mol. The number of carbonyl (C=O) groups excluding carboxylic acids is 1. The molecule has 180 valence electrons. The molecule has 0 radical (unpaired) electrons. The molecule has 0 saturated carbocycles. The second kappa shape index (κ2) is 8.04. The second-order valence-corrected chi connectivity index (χ2v) is 9.88. The Morgan fingerprint density at radius 1 is 1.12 bits per heavy atom. The predicted octanol–water partition coefficient (Wildman–Crippen LogP) is 4.95. The van der Waals surface area contributed by atoms with Crippen molar-refractivity contribution in [2.75, 3.05) is 13.1 Å². The van der Waals surface area contributed by atoms with Gasteiger partial charge in [0.1, 0.15) is 5.69 Å². The van der Waals surface area contributed by atoms with Crippen LogP contribution in [0, 0.1) is 5.82 Å². The number of amides is 1. The quantitative estimate of drug-likeness (QED) is 0.650. The summed E-state index contributed by atoms with van der Waals surface area (Å²) in [6.45, 7) is 8.25. The lowest BCUT2D eigenvalue weighted by Crippen LogP contribution is -2.63. The van der Waals surface area contributed by atoms with Crippen molar-refractivity contribution in [1.82, 2.24) is 14.8 Å². The zero-order valence-corrected chi connectivity index (χ0v) is 19.2. The van der Waals surface area contributed by atoms with Crippen molar-refractivity contribution in [1.29, 1.82) is 0 Å². The number of hydrogen-bond acceptors (Lipinski definition) is 3. The number of carbonyl (C=O) groups is 1. The molecule has 1 aromatic heterocycles. The smallest absolute Gasteiger partial charge is 0.431 e. The number of nitrogens with one attached hydrogen (secondary N) is 1. The van der Waals surface area contributed by atoms with Gasteiger partial charge in [0, 0.05) is 36.4 Å². The molecule has 1 N–H and O–H groups in total. The minimum Gasteiger partial charge on any atom is -0.488 e. The van der Waals surface area contributed by atoms with E-state index in [0.29, 0.717) is 31.6 Å². The summed E-state index contributed by atoms with van der Waals surface area (Å²) >= 11 is 0. The molecule has 1 fully saturated rings. The number of nitrogens with zero attached hydrogens (tertiary/aromatic N) is 2. The number of ether oxygens (including phenoxy) is 1. The first kappa shape index (κ1) is 23.6. The maximum Gasteiger partial charge on any atom is 0.431 e. The fraction of sp³-hybridized carbons (Fsp3) is 0.542. The third kappa shape index (κ3) is 4.47. The normalized spacial score (nSPS) is 19.6. The van der Waals surface area contributed by atoms with Gasteiger partial charge < -0.3 is 14.2 Å². The summed E-state index contributed by atoms with van der Waals surface area (Å²) in [4.78, 5) is 14.6. The Bertz CT molecular complexity index is 1050. The summed E-state index contributed by atoms with van der Waals surface area (Å²) in [5, 5.41) is 3.56. The summed E-state index contributed by atoms with van der Waals surface area (Å²) in [7, 11) is 0. The lowest BCUT2D eigenvalue weighted by Gasteiger charge is -2.51. The molecule has 4 rings (SSSR count). The maximum absolute atomic E-state index is 14.4. The number of likely N-dealkylation sites (tertiary alicyclic amines) is 1. The summed E-state index contributed by atoms with van der Waals surface area (Å²) in [5.74, 6) is -0.813. The van der Waals surface area contributed by atoms with Gasteiger partial charge in [-0.3, -0.25) is 10.1 Å². The van der Waals surface area contributed by atoms with Gasteiger partial charge in [-0.1, -0.05) is 0 Å². The van der Waals surface area contributed by atoms with E-state index < -0.39 is 28.8 Å². The zero-order valence-electron chi connectivity index (χ0n) is 19.2. The molecule has 0 bridgehead atoms. The minimum absolute atomic E-state index is 0.0917. The van der Waals surface area contributed by atoms with Crippen LogP contribution in [0.5, 0.6) is 5.75 Å². The largest absolute Gasteiger partial charge is 0.488 e.